The Morgan fingerprint density at radius 3 is 2.62 bits per heavy atom. The van der Waals surface area contributed by atoms with Crippen molar-refractivity contribution < 1.29 is 9.53 Å². The fourth-order valence-corrected chi connectivity index (χ4v) is 2.41. The van der Waals surface area contributed by atoms with Crippen LogP contribution in [0.1, 0.15) is 21.7 Å². The molecule has 0 saturated carbocycles. The minimum Gasteiger partial charge on any atom is -0.497 e. The summed E-state index contributed by atoms with van der Waals surface area (Å²) in [4.78, 5) is 16.6. The van der Waals surface area contributed by atoms with Gasteiger partial charge in [-0.3, -0.25) is 4.79 Å². The molecule has 0 unspecified atom stereocenters. The number of aromatic nitrogens is 3. The van der Waals surface area contributed by atoms with Crippen LogP contribution in [-0.2, 0) is 0 Å². The number of carbonyl (C=O) groups is 1. The monoisotopic (exact) mass is 322 g/mol. The van der Waals surface area contributed by atoms with Gasteiger partial charge in [-0.15, -0.1) is 0 Å². The van der Waals surface area contributed by atoms with Crippen molar-refractivity contribution in [3.05, 3.63) is 65.6 Å². The molecule has 6 heteroatoms. The van der Waals surface area contributed by atoms with Gasteiger partial charge in [0.15, 0.2) is 5.82 Å². The fourth-order valence-electron chi connectivity index (χ4n) is 2.41. The third kappa shape index (κ3) is 3.27. The predicted octanol–water partition coefficient (Wildman–Crippen LogP) is 3.15. The molecule has 0 fully saturated rings. The van der Waals surface area contributed by atoms with Crippen molar-refractivity contribution in [3.63, 3.8) is 0 Å². The van der Waals surface area contributed by atoms with E-state index in [1.54, 1.807) is 48.3 Å². The zero-order valence-corrected chi connectivity index (χ0v) is 13.8. The highest BCUT2D eigenvalue weighted by atomic mass is 16.5. The molecular weight excluding hydrogens is 304 g/mol. The van der Waals surface area contributed by atoms with Gasteiger partial charge in [0.2, 0.25) is 0 Å². The van der Waals surface area contributed by atoms with E-state index in [1.807, 2.05) is 26.0 Å². The summed E-state index contributed by atoms with van der Waals surface area (Å²) in [5.74, 6) is 1.13. The minimum atomic E-state index is -0.213. The Morgan fingerprint density at radius 1 is 1.17 bits per heavy atom. The zero-order valence-electron chi connectivity index (χ0n) is 13.8. The van der Waals surface area contributed by atoms with E-state index in [0.717, 1.165) is 11.4 Å². The summed E-state index contributed by atoms with van der Waals surface area (Å²) in [7, 11) is 1.57. The number of hydrogen-bond donors (Lipinski definition) is 1. The molecule has 2 aromatic heterocycles. The second kappa shape index (κ2) is 6.54. The first-order valence-corrected chi connectivity index (χ1v) is 7.52. The summed E-state index contributed by atoms with van der Waals surface area (Å²) < 4.78 is 6.90. The van der Waals surface area contributed by atoms with E-state index in [0.29, 0.717) is 22.8 Å². The molecule has 0 radical (unpaired) electrons. The molecule has 0 aliphatic heterocycles. The number of aryl methyl sites for hydroxylation is 2. The van der Waals surface area contributed by atoms with E-state index >= 15 is 0 Å². The Hall–Kier alpha value is -3.15. The molecule has 0 saturated heterocycles. The topological polar surface area (TPSA) is 69.0 Å². The molecule has 0 aliphatic rings. The van der Waals surface area contributed by atoms with Gasteiger partial charge in [0.25, 0.3) is 5.91 Å². The number of nitrogens with one attached hydrogen (secondary N) is 1. The normalized spacial score (nSPS) is 10.5. The van der Waals surface area contributed by atoms with Crippen molar-refractivity contribution in [1.29, 1.82) is 0 Å². The number of pyridine rings is 1. The highest BCUT2D eigenvalue weighted by Gasteiger charge is 2.09. The average Bonchev–Trinajstić information content (AvgIpc) is 2.94. The van der Waals surface area contributed by atoms with Gasteiger partial charge in [-0.1, -0.05) is 6.07 Å². The van der Waals surface area contributed by atoms with E-state index in [4.69, 9.17) is 4.74 Å². The molecule has 0 aliphatic carbocycles. The maximum absolute atomic E-state index is 12.3. The van der Waals surface area contributed by atoms with Crippen molar-refractivity contribution in [2.75, 3.05) is 12.4 Å². The van der Waals surface area contributed by atoms with E-state index < -0.39 is 0 Å². The lowest BCUT2D eigenvalue weighted by molar-refractivity contribution is 0.102. The quantitative estimate of drug-likeness (QED) is 0.801. The Balaban J connectivity index is 1.76. The SMILES string of the molecule is COc1cccc(C(=O)Nc2ccc(-n3nc(C)cc3C)nc2)c1. The van der Waals surface area contributed by atoms with Crippen LogP contribution in [0.4, 0.5) is 5.69 Å². The molecule has 1 amide bonds. The molecule has 3 aromatic rings. The first kappa shape index (κ1) is 15.7. The number of rotatable bonds is 4. The zero-order chi connectivity index (χ0) is 17.1. The van der Waals surface area contributed by atoms with E-state index in [-0.39, 0.29) is 5.91 Å². The molecule has 122 valence electrons. The van der Waals surface area contributed by atoms with Gasteiger partial charge in [-0.2, -0.15) is 5.10 Å². The lowest BCUT2D eigenvalue weighted by atomic mass is 10.2. The molecule has 1 aromatic carbocycles. The van der Waals surface area contributed by atoms with E-state index in [1.165, 1.54) is 0 Å². The van der Waals surface area contributed by atoms with Crippen LogP contribution in [0.5, 0.6) is 5.75 Å². The van der Waals surface area contributed by atoms with Crippen molar-refractivity contribution in [2.45, 2.75) is 13.8 Å². The molecule has 1 N–H and O–H groups in total. The summed E-state index contributed by atoms with van der Waals surface area (Å²) in [5, 5.41) is 7.21. The van der Waals surface area contributed by atoms with Gasteiger partial charge in [-0.05, 0) is 50.2 Å². The molecule has 0 spiro atoms. The van der Waals surface area contributed by atoms with Crippen molar-refractivity contribution in [2.24, 2.45) is 0 Å². The van der Waals surface area contributed by atoms with E-state index in [9.17, 15) is 4.79 Å². The number of ether oxygens (including phenoxy) is 1. The Morgan fingerprint density at radius 2 is 2.00 bits per heavy atom. The predicted molar refractivity (Wildman–Crippen MR) is 91.8 cm³/mol. The van der Waals surface area contributed by atoms with Crippen molar-refractivity contribution >= 4 is 11.6 Å². The van der Waals surface area contributed by atoms with E-state index in [2.05, 4.69) is 15.4 Å². The molecule has 0 atom stereocenters. The third-order valence-electron chi connectivity index (χ3n) is 3.56. The molecule has 24 heavy (non-hydrogen) atoms. The van der Waals surface area contributed by atoms with Crippen LogP contribution in [0.2, 0.25) is 0 Å². The summed E-state index contributed by atoms with van der Waals surface area (Å²) in [6.07, 6.45) is 1.61. The highest BCUT2D eigenvalue weighted by Crippen LogP contribution is 2.16. The minimum absolute atomic E-state index is 0.213. The fraction of sp³-hybridized carbons (Fsp3) is 0.167. The van der Waals surface area contributed by atoms with Gasteiger partial charge >= 0.3 is 0 Å². The lowest BCUT2D eigenvalue weighted by Crippen LogP contribution is -2.12. The largest absolute Gasteiger partial charge is 0.497 e. The van der Waals surface area contributed by atoms with Gasteiger partial charge in [0, 0.05) is 11.3 Å². The summed E-state index contributed by atoms with van der Waals surface area (Å²) in [6.45, 7) is 3.91. The van der Waals surface area contributed by atoms with Gasteiger partial charge in [0.05, 0.1) is 24.7 Å². The highest BCUT2D eigenvalue weighted by molar-refractivity contribution is 6.04. The number of methoxy groups -OCH3 is 1. The Labute approximate surface area is 140 Å². The molecule has 6 nitrogen and oxygen atoms in total. The standard InChI is InChI=1S/C18H18N4O2/c1-12-9-13(2)22(21-12)17-8-7-15(11-19-17)20-18(23)14-5-4-6-16(10-14)24-3/h4-11H,1-3H3,(H,20,23). The van der Waals surface area contributed by atoms with Gasteiger partial charge in [0.1, 0.15) is 5.75 Å². The van der Waals surface area contributed by atoms with Crippen LogP contribution in [-0.4, -0.2) is 27.8 Å². The first-order valence-electron chi connectivity index (χ1n) is 7.52. The summed E-state index contributed by atoms with van der Waals surface area (Å²) in [6, 6.07) is 12.6. The second-order valence-electron chi connectivity index (χ2n) is 5.43. The van der Waals surface area contributed by atoms with Crippen LogP contribution in [0.25, 0.3) is 5.82 Å². The number of benzene rings is 1. The molecule has 2 heterocycles. The average molecular weight is 322 g/mol. The third-order valence-corrected chi connectivity index (χ3v) is 3.56. The van der Waals surface area contributed by atoms with Crippen LogP contribution in [0.3, 0.4) is 0 Å². The van der Waals surface area contributed by atoms with Crippen LogP contribution < -0.4 is 10.1 Å². The van der Waals surface area contributed by atoms with Gasteiger partial charge in [-0.25, -0.2) is 9.67 Å². The summed E-state index contributed by atoms with van der Waals surface area (Å²) >= 11 is 0. The Kier molecular flexibility index (Phi) is 4.29. The number of anilines is 1. The van der Waals surface area contributed by atoms with Crippen LogP contribution in [0, 0.1) is 13.8 Å². The number of hydrogen-bond acceptors (Lipinski definition) is 4. The number of nitrogens with zero attached hydrogens (tertiary/aromatic N) is 3. The Bertz CT molecular complexity index is 869. The van der Waals surface area contributed by atoms with Crippen molar-refractivity contribution in [1.82, 2.24) is 14.8 Å². The van der Waals surface area contributed by atoms with Crippen LogP contribution >= 0.6 is 0 Å². The number of amides is 1. The van der Waals surface area contributed by atoms with Gasteiger partial charge < -0.3 is 10.1 Å². The smallest absolute Gasteiger partial charge is 0.255 e. The second-order valence-corrected chi connectivity index (χ2v) is 5.43. The maximum atomic E-state index is 12.3. The first-order chi connectivity index (χ1) is 11.6. The molecule has 3 rings (SSSR count). The number of carbonyl (C=O) groups excluding carboxylic acids is 1. The molecule has 0 bridgehead atoms. The lowest BCUT2D eigenvalue weighted by Gasteiger charge is -2.08. The molecular formula is C18H18N4O2. The maximum Gasteiger partial charge on any atom is 0.255 e. The van der Waals surface area contributed by atoms with Crippen molar-refractivity contribution in [3.8, 4) is 11.6 Å². The summed E-state index contributed by atoms with van der Waals surface area (Å²) in [5.41, 5.74) is 3.09. The van der Waals surface area contributed by atoms with Crippen LogP contribution in [0.15, 0.2) is 48.7 Å².